The number of amides is 1. The van der Waals surface area contributed by atoms with Gasteiger partial charge in [-0.05, 0) is 0 Å². The Balaban J connectivity index is 2.08. The highest BCUT2D eigenvalue weighted by Gasteiger charge is 2.19. The van der Waals surface area contributed by atoms with E-state index in [4.69, 9.17) is 5.73 Å². The average molecular weight is 329 g/mol. The minimum Gasteiger partial charge on any atom is -0.396 e. The number of anilines is 1. The fraction of sp³-hybridized carbons (Fsp3) is 0.364. The third-order valence-electron chi connectivity index (χ3n) is 2.77. The van der Waals surface area contributed by atoms with Gasteiger partial charge in [-0.2, -0.15) is 0 Å². The number of nitrogens with zero attached hydrogens (tertiary/aromatic N) is 3. The van der Waals surface area contributed by atoms with E-state index < -0.39 is 15.9 Å². The number of thiophene rings is 1. The monoisotopic (exact) mass is 329 g/mol. The van der Waals surface area contributed by atoms with Crippen LogP contribution in [0.1, 0.15) is 9.67 Å². The first kappa shape index (κ1) is 15.6. The van der Waals surface area contributed by atoms with Crippen molar-refractivity contribution in [1.82, 2.24) is 19.6 Å². The van der Waals surface area contributed by atoms with Crippen LogP contribution in [0.2, 0.25) is 0 Å². The van der Waals surface area contributed by atoms with Crippen LogP contribution in [0, 0.1) is 0 Å². The largest absolute Gasteiger partial charge is 0.396 e. The molecule has 0 aliphatic carbocycles. The van der Waals surface area contributed by atoms with Gasteiger partial charge in [-0.15, -0.1) is 11.3 Å². The lowest BCUT2D eigenvalue weighted by Gasteiger charge is -2.11. The highest BCUT2D eigenvalue weighted by molar-refractivity contribution is 7.89. The Kier molecular flexibility index (Phi) is 4.40. The van der Waals surface area contributed by atoms with Crippen LogP contribution in [-0.2, 0) is 10.0 Å². The molecule has 0 aromatic carbocycles. The van der Waals surface area contributed by atoms with Crippen LogP contribution in [0.5, 0.6) is 0 Å². The van der Waals surface area contributed by atoms with E-state index in [2.05, 4.69) is 15.3 Å². The molecular formula is C11H15N5O3S2. The number of carbonyl (C=O) groups is 1. The Hall–Kier alpha value is -1.78. The van der Waals surface area contributed by atoms with Crippen LogP contribution in [-0.4, -0.2) is 55.0 Å². The first-order valence-electron chi connectivity index (χ1n) is 6.00. The van der Waals surface area contributed by atoms with E-state index in [-0.39, 0.29) is 18.0 Å². The number of sulfonamides is 1. The molecule has 0 aliphatic rings. The van der Waals surface area contributed by atoms with Gasteiger partial charge in [0.15, 0.2) is 0 Å². The minimum absolute atomic E-state index is 0.00783. The lowest BCUT2D eigenvalue weighted by molar-refractivity contribution is 0.0961. The summed E-state index contributed by atoms with van der Waals surface area (Å²) in [4.78, 5) is 21.1. The van der Waals surface area contributed by atoms with Crippen molar-refractivity contribution in [1.29, 1.82) is 0 Å². The van der Waals surface area contributed by atoms with Gasteiger partial charge in [0, 0.05) is 33.0 Å². The van der Waals surface area contributed by atoms with E-state index in [1.54, 1.807) is 0 Å². The summed E-state index contributed by atoms with van der Waals surface area (Å²) in [6.07, 6.45) is 3.01. The molecule has 2 heterocycles. The van der Waals surface area contributed by atoms with Gasteiger partial charge in [-0.3, -0.25) is 4.79 Å². The normalized spacial score (nSPS) is 12.0. The summed E-state index contributed by atoms with van der Waals surface area (Å²) in [5, 5.41) is 2.54. The van der Waals surface area contributed by atoms with E-state index in [0.717, 1.165) is 15.6 Å². The number of carbonyl (C=O) groups excluding carboxylic acids is 1. The third-order valence-corrected chi connectivity index (χ3v) is 5.71. The Bertz CT molecular complexity index is 769. The molecule has 3 N–H and O–H groups in total. The molecule has 0 spiro atoms. The lowest BCUT2D eigenvalue weighted by atomic mass is 10.3. The van der Waals surface area contributed by atoms with Crippen molar-refractivity contribution < 1.29 is 13.2 Å². The summed E-state index contributed by atoms with van der Waals surface area (Å²) >= 11 is 1.13. The number of fused-ring (bicyclic) bond motifs is 1. The zero-order valence-electron chi connectivity index (χ0n) is 11.5. The van der Waals surface area contributed by atoms with Gasteiger partial charge >= 0.3 is 0 Å². The van der Waals surface area contributed by atoms with Crippen molar-refractivity contribution in [3.8, 4) is 0 Å². The highest BCUT2D eigenvalue weighted by Crippen LogP contribution is 2.30. The summed E-state index contributed by atoms with van der Waals surface area (Å²) in [5.41, 5.74) is 6.61. The summed E-state index contributed by atoms with van der Waals surface area (Å²) in [5.74, 6) is -0.598. The maximum Gasteiger partial charge on any atom is 0.263 e. The van der Waals surface area contributed by atoms with Gasteiger partial charge in [-0.1, -0.05) is 0 Å². The number of nitrogens with two attached hydrogens (primary N) is 1. The predicted molar refractivity (Wildman–Crippen MR) is 81.6 cm³/mol. The van der Waals surface area contributed by atoms with Crippen LogP contribution >= 0.6 is 11.3 Å². The Labute approximate surface area is 126 Å². The van der Waals surface area contributed by atoms with Crippen LogP contribution in [0.15, 0.2) is 12.4 Å². The fourth-order valence-electron chi connectivity index (χ4n) is 1.57. The smallest absolute Gasteiger partial charge is 0.263 e. The van der Waals surface area contributed by atoms with E-state index in [1.807, 2.05) is 0 Å². The maximum atomic E-state index is 12.0. The van der Waals surface area contributed by atoms with Gasteiger partial charge in [0.2, 0.25) is 10.0 Å². The summed E-state index contributed by atoms with van der Waals surface area (Å²) in [7, 11) is -0.459. The molecule has 2 aromatic heterocycles. The van der Waals surface area contributed by atoms with Crippen molar-refractivity contribution in [3.05, 3.63) is 17.3 Å². The van der Waals surface area contributed by atoms with Crippen molar-refractivity contribution in [2.24, 2.45) is 0 Å². The molecule has 8 nitrogen and oxygen atoms in total. The molecule has 2 aromatic rings. The molecule has 0 saturated carbocycles. The molecule has 0 aliphatic heterocycles. The van der Waals surface area contributed by atoms with Crippen LogP contribution < -0.4 is 11.1 Å². The molecule has 1 amide bonds. The second-order valence-electron chi connectivity index (χ2n) is 4.41. The Morgan fingerprint density at radius 1 is 1.38 bits per heavy atom. The molecule has 10 heteroatoms. The van der Waals surface area contributed by atoms with E-state index in [0.29, 0.717) is 15.2 Å². The Morgan fingerprint density at radius 2 is 2.05 bits per heavy atom. The molecule has 0 saturated heterocycles. The zero-order valence-corrected chi connectivity index (χ0v) is 13.2. The van der Waals surface area contributed by atoms with Crippen molar-refractivity contribution in [3.63, 3.8) is 0 Å². The topological polar surface area (TPSA) is 118 Å². The molecule has 0 radical (unpaired) electrons. The molecule has 0 atom stereocenters. The van der Waals surface area contributed by atoms with Crippen LogP contribution in [0.25, 0.3) is 10.3 Å². The summed E-state index contributed by atoms with van der Waals surface area (Å²) in [6.45, 7) is 0.00783. The minimum atomic E-state index is -3.34. The SMILES string of the molecule is CN(C)S(=O)(=O)CCNC(=O)c1sc2nccnc2c1N. The van der Waals surface area contributed by atoms with E-state index in [1.165, 1.54) is 26.5 Å². The number of hydrogen-bond donors (Lipinski definition) is 2. The van der Waals surface area contributed by atoms with Gasteiger partial charge in [0.05, 0.1) is 11.4 Å². The predicted octanol–water partition coefficient (Wildman–Crippen LogP) is -0.105. The first-order valence-corrected chi connectivity index (χ1v) is 8.43. The summed E-state index contributed by atoms with van der Waals surface area (Å²) in [6, 6.07) is 0. The van der Waals surface area contributed by atoms with Gasteiger partial charge in [0.1, 0.15) is 15.2 Å². The molecule has 21 heavy (non-hydrogen) atoms. The quantitative estimate of drug-likeness (QED) is 0.790. The fourth-order valence-corrected chi connectivity index (χ4v) is 3.23. The molecule has 0 unspecified atom stereocenters. The number of rotatable bonds is 5. The average Bonchev–Trinajstić information content (AvgIpc) is 2.76. The van der Waals surface area contributed by atoms with Gasteiger partial charge in [-0.25, -0.2) is 22.7 Å². The Morgan fingerprint density at radius 3 is 2.67 bits per heavy atom. The van der Waals surface area contributed by atoms with E-state index in [9.17, 15) is 13.2 Å². The van der Waals surface area contributed by atoms with Gasteiger partial charge < -0.3 is 11.1 Å². The van der Waals surface area contributed by atoms with Crippen LogP contribution in [0.3, 0.4) is 0 Å². The second kappa shape index (κ2) is 5.92. The lowest BCUT2D eigenvalue weighted by Crippen LogP contribution is -2.33. The second-order valence-corrected chi connectivity index (χ2v) is 7.71. The zero-order chi connectivity index (χ0) is 15.6. The number of nitrogens with one attached hydrogen (secondary N) is 1. The van der Waals surface area contributed by atoms with Crippen molar-refractivity contribution in [2.45, 2.75) is 0 Å². The van der Waals surface area contributed by atoms with Crippen molar-refractivity contribution in [2.75, 3.05) is 32.1 Å². The highest BCUT2D eigenvalue weighted by atomic mass is 32.2. The van der Waals surface area contributed by atoms with Crippen molar-refractivity contribution >= 4 is 43.3 Å². The van der Waals surface area contributed by atoms with Gasteiger partial charge in [0.25, 0.3) is 5.91 Å². The van der Waals surface area contributed by atoms with Crippen LogP contribution in [0.4, 0.5) is 5.69 Å². The standard InChI is InChI=1S/C11H15N5O3S2/c1-16(2)21(18,19)6-5-14-10(17)9-7(12)8-11(20-9)15-4-3-13-8/h3-4H,5-6,12H2,1-2H3,(H,14,17). The molecule has 2 rings (SSSR count). The third kappa shape index (κ3) is 3.28. The molecule has 0 bridgehead atoms. The molecular weight excluding hydrogens is 314 g/mol. The first-order chi connectivity index (χ1) is 9.83. The molecule has 0 fully saturated rings. The molecule has 114 valence electrons. The number of aromatic nitrogens is 2. The summed E-state index contributed by atoms with van der Waals surface area (Å²) < 4.78 is 24.3. The maximum absolute atomic E-state index is 12.0. The number of nitrogen functional groups attached to an aromatic ring is 1. The van der Waals surface area contributed by atoms with E-state index >= 15 is 0 Å². The number of hydrogen-bond acceptors (Lipinski definition) is 7.